The topological polar surface area (TPSA) is 54.4 Å². The molecule has 0 aliphatic carbocycles. The number of carbonyl (C=O) groups is 1. The normalized spacial score (nSPS) is 16.1. The van der Waals surface area contributed by atoms with Crippen molar-refractivity contribution in [2.45, 2.75) is 12.2 Å². The number of anilines is 1. The van der Waals surface area contributed by atoms with Crippen LogP contribution < -0.4 is 5.32 Å². The number of nitrogens with one attached hydrogen (secondary N) is 1. The number of amides is 1. The Morgan fingerprint density at radius 3 is 3.00 bits per heavy atom. The van der Waals surface area contributed by atoms with Gasteiger partial charge in [0.2, 0.25) is 5.91 Å². The second kappa shape index (κ2) is 6.83. The van der Waals surface area contributed by atoms with E-state index in [0.717, 1.165) is 16.7 Å². The smallest absolute Gasteiger partial charge is 0.238 e. The fourth-order valence-electron chi connectivity index (χ4n) is 1.32. The Balaban J connectivity index is 1.96. The average Bonchev–Trinajstić information content (AvgIpc) is 2.85. The van der Waals surface area contributed by atoms with Crippen LogP contribution in [0.3, 0.4) is 0 Å². The van der Waals surface area contributed by atoms with Crippen LogP contribution in [0.5, 0.6) is 0 Å². The summed E-state index contributed by atoms with van der Waals surface area (Å²) in [5, 5.41) is 3.19. The maximum absolute atomic E-state index is 12.0. The highest BCUT2D eigenvalue weighted by molar-refractivity contribution is 8.39. The Bertz CT molecular complexity index is 525. The molecule has 0 fully saturated rings. The van der Waals surface area contributed by atoms with Crippen LogP contribution in [0.4, 0.5) is 5.82 Å². The minimum absolute atomic E-state index is 0.156. The molecule has 1 amide bonds. The number of aromatic nitrogens is 1. The molecule has 1 aliphatic heterocycles. The summed E-state index contributed by atoms with van der Waals surface area (Å²) in [4.78, 5) is 20.3. The van der Waals surface area contributed by atoms with Crippen molar-refractivity contribution in [3.63, 3.8) is 0 Å². The van der Waals surface area contributed by atoms with Crippen molar-refractivity contribution in [1.29, 1.82) is 0 Å². The SMILES string of the molecule is C[C@@H](SC1=NCCS1)C(=O)Nc1ncc(Cl)cc1Cl. The first-order valence-corrected chi connectivity index (χ1v) is 8.14. The van der Waals surface area contributed by atoms with E-state index in [1.165, 1.54) is 18.0 Å². The zero-order chi connectivity index (χ0) is 13.8. The van der Waals surface area contributed by atoms with E-state index in [2.05, 4.69) is 15.3 Å². The molecule has 4 nitrogen and oxygen atoms in total. The molecule has 102 valence electrons. The average molecular weight is 336 g/mol. The van der Waals surface area contributed by atoms with Crippen LogP contribution >= 0.6 is 46.7 Å². The van der Waals surface area contributed by atoms with E-state index in [1.807, 2.05) is 6.92 Å². The third-order valence-corrected chi connectivity index (χ3v) is 5.05. The summed E-state index contributed by atoms with van der Waals surface area (Å²) in [6.45, 7) is 2.65. The van der Waals surface area contributed by atoms with Gasteiger partial charge in [-0.15, -0.1) is 0 Å². The van der Waals surface area contributed by atoms with Crippen LogP contribution in [-0.2, 0) is 4.79 Å². The molecule has 8 heteroatoms. The minimum Gasteiger partial charge on any atom is -0.308 e. The number of rotatable bonds is 3. The van der Waals surface area contributed by atoms with Crippen molar-refractivity contribution in [2.24, 2.45) is 4.99 Å². The molecule has 1 atom stereocenters. The lowest BCUT2D eigenvalue weighted by atomic mass is 10.4. The van der Waals surface area contributed by atoms with Crippen LogP contribution in [0.25, 0.3) is 0 Å². The van der Waals surface area contributed by atoms with Crippen molar-refractivity contribution in [1.82, 2.24) is 4.98 Å². The number of aliphatic imine (C=N–C) groups is 1. The largest absolute Gasteiger partial charge is 0.308 e. The Labute approximate surface area is 129 Å². The van der Waals surface area contributed by atoms with Crippen molar-refractivity contribution >= 4 is 62.8 Å². The van der Waals surface area contributed by atoms with Crippen molar-refractivity contribution < 1.29 is 4.79 Å². The van der Waals surface area contributed by atoms with Crippen LogP contribution in [-0.4, -0.2) is 32.8 Å². The molecule has 0 spiro atoms. The van der Waals surface area contributed by atoms with E-state index in [0.29, 0.717) is 15.9 Å². The third-order valence-electron chi connectivity index (χ3n) is 2.25. The number of pyridine rings is 1. The molecule has 1 aromatic heterocycles. The molecule has 0 bridgehead atoms. The summed E-state index contributed by atoms with van der Waals surface area (Å²) in [5.41, 5.74) is 0. The minimum atomic E-state index is -0.252. The predicted octanol–water partition coefficient (Wildman–Crippen LogP) is 3.55. The van der Waals surface area contributed by atoms with Gasteiger partial charge >= 0.3 is 0 Å². The van der Waals surface area contributed by atoms with Gasteiger partial charge < -0.3 is 5.32 Å². The monoisotopic (exact) mass is 335 g/mol. The van der Waals surface area contributed by atoms with Crippen molar-refractivity contribution in [2.75, 3.05) is 17.6 Å². The highest BCUT2D eigenvalue weighted by atomic mass is 35.5. The van der Waals surface area contributed by atoms with Gasteiger partial charge in [0.25, 0.3) is 0 Å². The second-order valence-corrected chi connectivity index (χ2v) is 7.24. The fourth-order valence-corrected chi connectivity index (χ4v) is 3.87. The van der Waals surface area contributed by atoms with Crippen LogP contribution in [0.1, 0.15) is 6.92 Å². The summed E-state index contributed by atoms with van der Waals surface area (Å²) in [6, 6.07) is 1.54. The lowest BCUT2D eigenvalue weighted by molar-refractivity contribution is -0.115. The summed E-state index contributed by atoms with van der Waals surface area (Å²) < 4.78 is 0.956. The number of hydrogen-bond acceptors (Lipinski definition) is 5. The van der Waals surface area contributed by atoms with Crippen LogP contribution in [0, 0.1) is 0 Å². The number of carbonyl (C=O) groups excluding carboxylic acids is 1. The predicted molar refractivity (Wildman–Crippen MR) is 84.7 cm³/mol. The highest BCUT2D eigenvalue weighted by Crippen LogP contribution is 2.27. The lowest BCUT2D eigenvalue weighted by Gasteiger charge is -2.11. The summed E-state index contributed by atoms with van der Waals surface area (Å²) in [6.07, 6.45) is 1.44. The third kappa shape index (κ3) is 4.27. The van der Waals surface area contributed by atoms with Gasteiger partial charge in [-0.2, -0.15) is 0 Å². The Morgan fingerprint density at radius 1 is 1.58 bits per heavy atom. The molecule has 2 rings (SSSR count). The van der Waals surface area contributed by atoms with Gasteiger partial charge in [-0.25, -0.2) is 4.98 Å². The second-order valence-electron chi connectivity index (χ2n) is 3.73. The molecule has 0 saturated carbocycles. The van der Waals surface area contributed by atoms with Gasteiger partial charge in [-0.1, -0.05) is 46.7 Å². The van der Waals surface area contributed by atoms with Crippen molar-refractivity contribution in [3.8, 4) is 0 Å². The van der Waals surface area contributed by atoms with Gasteiger partial charge in [0, 0.05) is 11.9 Å². The molecule has 0 unspecified atom stereocenters. The van der Waals surface area contributed by atoms with Gasteiger partial charge in [0.15, 0.2) is 5.82 Å². The molecule has 1 aromatic rings. The van der Waals surface area contributed by atoms with E-state index in [4.69, 9.17) is 23.2 Å². The van der Waals surface area contributed by atoms with E-state index in [-0.39, 0.29) is 11.2 Å². The van der Waals surface area contributed by atoms with Crippen molar-refractivity contribution in [3.05, 3.63) is 22.3 Å². The quantitative estimate of drug-likeness (QED) is 0.917. The first-order chi connectivity index (χ1) is 9.06. The lowest BCUT2D eigenvalue weighted by Crippen LogP contribution is -2.24. The first-order valence-electron chi connectivity index (χ1n) is 5.52. The molecule has 0 aromatic carbocycles. The summed E-state index contributed by atoms with van der Waals surface area (Å²) >= 11 is 14.8. The molecule has 0 saturated heterocycles. The van der Waals surface area contributed by atoms with E-state index in [9.17, 15) is 4.79 Å². The molecular formula is C11H11Cl2N3OS2. The number of thioether (sulfide) groups is 2. The number of nitrogens with zero attached hydrogens (tertiary/aromatic N) is 2. The van der Waals surface area contributed by atoms with Gasteiger partial charge in [0.1, 0.15) is 4.38 Å². The van der Waals surface area contributed by atoms with E-state index >= 15 is 0 Å². The summed E-state index contributed by atoms with van der Waals surface area (Å²) in [7, 11) is 0. The zero-order valence-electron chi connectivity index (χ0n) is 10.0. The summed E-state index contributed by atoms with van der Waals surface area (Å²) in [5.74, 6) is 1.16. The number of hydrogen-bond donors (Lipinski definition) is 1. The van der Waals surface area contributed by atoms with Gasteiger partial charge in [-0.3, -0.25) is 9.79 Å². The van der Waals surface area contributed by atoms with Gasteiger partial charge in [0.05, 0.1) is 21.8 Å². The first kappa shape index (κ1) is 15.0. The molecule has 2 heterocycles. The number of halogens is 2. The maximum atomic E-state index is 12.0. The Kier molecular flexibility index (Phi) is 5.38. The maximum Gasteiger partial charge on any atom is 0.238 e. The van der Waals surface area contributed by atoms with E-state index < -0.39 is 0 Å². The highest BCUT2D eigenvalue weighted by Gasteiger charge is 2.20. The molecule has 0 radical (unpaired) electrons. The standard InChI is InChI=1S/C11H11Cl2N3OS2/c1-6(19-11-14-2-3-18-11)10(17)16-9-8(13)4-7(12)5-15-9/h4-6H,2-3H2,1H3,(H,15,16,17)/t6-/m1/s1. The Morgan fingerprint density at radius 2 is 2.37 bits per heavy atom. The molecule has 1 aliphatic rings. The molecular weight excluding hydrogens is 325 g/mol. The molecule has 1 N–H and O–H groups in total. The zero-order valence-corrected chi connectivity index (χ0v) is 13.2. The Hall–Kier alpha value is -0.430. The molecule has 19 heavy (non-hydrogen) atoms. The van der Waals surface area contributed by atoms with Gasteiger partial charge in [-0.05, 0) is 13.0 Å². The van der Waals surface area contributed by atoms with Crippen LogP contribution in [0.15, 0.2) is 17.3 Å². The fraction of sp³-hybridized carbons (Fsp3) is 0.364. The van der Waals surface area contributed by atoms with E-state index in [1.54, 1.807) is 17.8 Å². The van der Waals surface area contributed by atoms with Crippen LogP contribution in [0.2, 0.25) is 10.0 Å².